The van der Waals surface area contributed by atoms with Crippen LogP contribution in [0.2, 0.25) is 0 Å². The Morgan fingerprint density at radius 2 is 1.27 bits per heavy atom. The molecule has 3 atom stereocenters. The Bertz CT molecular complexity index is 1610. The molecule has 0 unspecified atom stereocenters. The Balaban J connectivity index is 1.57. The van der Waals surface area contributed by atoms with Crippen LogP contribution < -0.4 is 5.32 Å². The fourth-order valence-electron chi connectivity index (χ4n) is 5.22. The van der Waals surface area contributed by atoms with E-state index in [-0.39, 0.29) is 17.6 Å². The van der Waals surface area contributed by atoms with Crippen molar-refractivity contribution in [2.75, 3.05) is 0 Å². The van der Waals surface area contributed by atoms with Gasteiger partial charge in [-0.2, -0.15) is 0 Å². The molecule has 2 heterocycles. The molecule has 1 aliphatic heterocycles. The number of hydrogen-bond acceptors (Lipinski definition) is 4. The van der Waals surface area contributed by atoms with Gasteiger partial charge in [-0.3, -0.25) is 19.0 Å². The number of imidazole rings is 1. The number of amides is 1. The fraction of sp³-hybridized carbons (Fsp3) is 0.0968. The molecule has 0 spiro atoms. The van der Waals surface area contributed by atoms with Crippen molar-refractivity contribution in [2.45, 2.75) is 17.9 Å². The zero-order valence-electron chi connectivity index (χ0n) is 19.8. The molecule has 0 bridgehead atoms. The SMILES string of the molecule is O=C(N[C@@H]1C(=O)n2c(nc3ccccc32)[C@H](C(=O)c2ccccc2)[C@H]1c1ccccc1)c1ccccc1. The number of carbonyl (C=O) groups excluding carboxylic acids is 3. The highest BCUT2D eigenvalue weighted by atomic mass is 16.2. The molecule has 37 heavy (non-hydrogen) atoms. The zero-order chi connectivity index (χ0) is 25.4. The molecule has 5 aromatic rings. The van der Waals surface area contributed by atoms with E-state index in [9.17, 15) is 14.4 Å². The Morgan fingerprint density at radius 1 is 0.703 bits per heavy atom. The molecule has 1 aromatic heterocycles. The molecule has 0 radical (unpaired) electrons. The van der Waals surface area contributed by atoms with Gasteiger partial charge in [0.15, 0.2) is 5.78 Å². The van der Waals surface area contributed by atoms with Crippen molar-refractivity contribution in [3.63, 3.8) is 0 Å². The summed E-state index contributed by atoms with van der Waals surface area (Å²) in [6, 6.07) is 33.5. The van der Waals surface area contributed by atoms with Crippen LogP contribution in [-0.4, -0.2) is 33.2 Å². The summed E-state index contributed by atoms with van der Waals surface area (Å²) in [5.74, 6) is -1.91. The average Bonchev–Trinajstić information content (AvgIpc) is 3.35. The number of aromatic nitrogens is 2. The van der Waals surface area contributed by atoms with Gasteiger partial charge >= 0.3 is 0 Å². The monoisotopic (exact) mass is 485 g/mol. The zero-order valence-corrected chi connectivity index (χ0v) is 19.8. The lowest BCUT2D eigenvalue weighted by molar-refractivity contribution is 0.0727. The predicted molar refractivity (Wildman–Crippen MR) is 141 cm³/mol. The maximum Gasteiger partial charge on any atom is 0.255 e. The van der Waals surface area contributed by atoms with Gasteiger partial charge < -0.3 is 5.32 Å². The third kappa shape index (κ3) is 3.93. The van der Waals surface area contributed by atoms with Crippen LogP contribution >= 0.6 is 0 Å². The van der Waals surface area contributed by atoms with Crippen molar-refractivity contribution >= 4 is 28.6 Å². The van der Waals surface area contributed by atoms with Crippen LogP contribution in [0.4, 0.5) is 0 Å². The van der Waals surface area contributed by atoms with Crippen LogP contribution in [0.1, 0.15) is 48.7 Å². The summed E-state index contributed by atoms with van der Waals surface area (Å²) in [7, 11) is 0. The Kier molecular flexibility index (Phi) is 5.69. The first-order valence-corrected chi connectivity index (χ1v) is 12.1. The first-order chi connectivity index (χ1) is 18.1. The highest BCUT2D eigenvalue weighted by Gasteiger charge is 2.49. The van der Waals surface area contributed by atoms with Gasteiger partial charge in [-0.25, -0.2) is 4.98 Å². The molecule has 6 heteroatoms. The largest absolute Gasteiger partial charge is 0.340 e. The first kappa shape index (κ1) is 22.6. The van der Waals surface area contributed by atoms with Gasteiger partial charge in [-0.05, 0) is 29.8 Å². The van der Waals surface area contributed by atoms with Gasteiger partial charge in [0.25, 0.3) is 11.8 Å². The molecule has 0 saturated carbocycles. The molecule has 6 rings (SSSR count). The van der Waals surface area contributed by atoms with E-state index in [4.69, 9.17) is 4.98 Å². The Morgan fingerprint density at radius 3 is 1.95 bits per heavy atom. The van der Waals surface area contributed by atoms with E-state index in [1.165, 1.54) is 4.57 Å². The number of fused-ring (bicyclic) bond motifs is 3. The van der Waals surface area contributed by atoms with E-state index in [0.29, 0.717) is 28.0 Å². The molecule has 1 N–H and O–H groups in total. The lowest BCUT2D eigenvalue weighted by Gasteiger charge is -2.37. The number of rotatable bonds is 5. The number of Topliss-reactive ketones (excluding diaryl/α,β-unsaturated/α-hetero) is 1. The molecule has 4 aromatic carbocycles. The third-order valence-corrected chi connectivity index (χ3v) is 6.92. The fourth-order valence-corrected chi connectivity index (χ4v) is 5.22. The minimum Gasteiger partial charge on any atom is -0.340 e. The molecule has 0 aliphatic carbocycles. The molecular weight excluding hydrogens is 462 g/mol. The quantitative estimate of drug-likeness (QED) is 0.345. The molecule has 1 aliphatic rings. The molecule has 1 amide bonds. The number of nitrogens with zero attached hydrogens (tertiary/aromatic N) is 2. The normalized spacial score (nSPS) is 18.8. The minimum absolute atomic E-state index is 0.155. The van der Waals surface area contributed by atoms with Crippen molar-refractivity contribution in [3.8, 4) is 0 Å². The smallest absolute Gasteiger partial charge is 0.255 e. The first-order valence-electron chi connectivity index (χ1n) is 12.1. The van der Waals surface area contributed by atoms with Gasteiger partial charge in [0.1, 0.15) is 11.9 Å². The molecular formula is C31H23N3O3. The second-order valence-corrected chi connectivity index (χ2v) is 9.09. The van der Waals surface area contributed by atoms with Gasteiger partial charge in [-0.1, -0.05) is 91.0 Å². The van der Waals surface area contributed by atoms with Crippen LogP contribution in [-0.2, 0) is 0 Å². The average molecular weight is 486 g/mol. The Hall–Kier alpha value is -4.84. The summed E-state index contributed by atoms with van der Waals surface area (Å²) in [5, 5.41) is 2.98. The highest BCUT2D eigenvalue weighted by molar-refractivity contribution is 6.07. The minimum atomic E-state index is -0.988. The van der Waals surface area contributed by atoms with E-state index in [2.05, 4.69) is 5.32 Å². The van der Waals surface area contributed by atoms with Crippen molar-refractivity contribution in [2.24, 2.45) is 0 Å². The van der Waals surface area contributed by atoms with Gasteiger partial charge in [0.05, 0.1) is 17.0 Å². The van der Waals surface area contributed by atoms with E-state index in [1.807, 2.05) is 78.9 Å². The summed E-state index contributed by atoms with van der Waals surface area (Å²) < 4.78 is 1.51. The van der Waals surface area contributed by atoms with Crippen molar-refractivity contribution < 1.29 is 14.4 Å². The maximum atomic E-state index is 14.2. The number of benzene rings is 4. The number of ketones is 1. The predicted octanol–water partition coefficient (Wildman–Crippen LogP) is 5.24. The summed E-state index contributed by atoms with van der Waals surface area (Å²) in [6.45, 7) is 0. The number of hydrogen-bond donors (Lipinski definition) is 1. The highest BCUT2D eigenvalue weighted by Crippen LogP contribution is 2.43. The lowest BCUT2D eigenvalue weighted by atomic mass is 9.74. The molecule has 0 saturated heterocycles. The topological polar surface area (TPSA) is 81.1 Å². The van der Waals surface area contributed by atoms with Crippen LogP contribution in [0.3, 0.4) is 0 Å². The number of carbonyl (C=O) groups is 3. The standard InChI is InChI=1S/C31H23N3O3/c35-28(21-14-6-2-7-15-21)26-25(20-12-4-1-5-13-20)27(33-30(36)22-16-8-3-9-17-22)31(37)34-24-19-11-10-18-23(24)32-29(26)34/h1-19,25-27H,(H,33,36)/t25-,26+,27+/m1/s1. The van der Waals surface area contributed by atoms with Gasteiger partial charge in [-0.15, -0.1) is 0 Å². The van der Waals surface area contributed by atoms with Gasteiger partial charge in [0.2, 0.25) is 0 Å². The summed E-state index contributed by atoms with van der Waals surface area (Å²) >= 11 is 0. The van der Waals surface area contributed by atoms with Crippen molar-refractivity contribution in [1.82, 2.24) is 14.9 Å². The Labute approximate surface area is 213 Å². The number of nitrogens with one attached hydrogen (secondary N) is 1. The van der Waals surface area contributed by atoms with Crippen LogP contribution in [0.15, 0.2) is 115 Å². The maximum absolute atomic E-state index is 14.2. The molecule has 180 valence electrons. The van der Waals surface area contributed by atoms with E-state index < -0.39 is 17.9 Å². The summed E-state index contributed by atoms with van der Waals surface area (Å²) in [6.07, 6.45) is 0. The van der Waals surface area contributed by atoms with Gasteiger partial charge in [0, 0.05) is 17.0 Å². The van der Waals surface area contributed by atoms with Crippen molar-refractivity contribution in [3.05, 3.63) is 138 Å². The van der Waals surface area contributed by atoms with E-state index in [0.717, 1.165) is 5.56 Å². The van der Waals surface area contributed by atoms with E-state index >= 15 is 0 Å². The summed E-state index contributed by atoms with van der Waals surface area (Å²) in [5.41, 5.74) is 2.98. The molecule has 0 fully saturated rings. The van der Waals surface area contributed by atoms with E-state index in [1.54, 1.807) is 36.4 Å². The van der Waals surface area contributed by atoms with Crippen molar-refractivity contribution in [1.29, 1.82) is 0 Å². The van der Waals surface area contributed by atoms with Crippen LogP contribution in [0.25, 0.3) is 11.0 Å². The lowest BCUT2D eigenvalue weighted by Crippen LogP contribution is -2.53. The number of para-hydroxylation sites is 2. The second-order valence-electron chi connectivity index (χ2n) is 9.09. The van der Waals surface area contributed by atoms with Crippen LogP contribution in [0.5, 0.6) is 0 Å². The molecule has 6 nitrogen and oxygen atoms in total. The second kappa shape index (κ2) is 9.32. The third-order valence-electron chi connectivity index (χ3n) is 6.92. The summed E-state index contributed by atoms with van der Waals surface area (Å²) in [4.78, 5) is 46.4. The van der Waals surface area contributed by atoms with Crippen LogP contribution in [0, 0.1) is 0 Å².